The summed E-state index contributed by atoms with van der Waals surface area (Å²) in [6.45, 7) is 4.11. The van der Waals surface area contributed by atoms with E-state index in [1.165, 1.54) is 24.3 Å². The number of aromatic nitrogens is 1. The molecule has 0 radical (unpaired) electrons. The van der Waals surface area contributed by atoms with Crippen molar-refractivity contribution < 1.29 is 17.6 Å². The maximum atomic E-state index is 13.9. The Morgan fingerprint density at radius 1 is 1.07 bits per heavy atom. The van der Waals surface area contributed by atoms with Crippen molar-refractivity contribution in [3.05, 3.63) is 124 Å². The van der Waals surface area contributed by atoms with E-state index in [4.69, 9.17) is 11.6 Å². The molecule has 0 fully saturated rings. The minimum atomic E-state index is -3.83. The van der Waals surface area contributed by atoms with Crippen LogP contribution in [-0.2, 0) is 27.8 Å². The molecular formula is C33H33ClFN3O3S. The summed E-state index contributed by atoms with van der Waals surface area (Å²) in [6, 6.07) is 23.5. The number of hydrogen-bond acceptors (Lipinski definition) is 4. The van der Waals surface area contributed by atoms with Gasteiger partial charge in [-0.15, -0.1) is 0 Å². The number of nitrogens with zero attached hydrogens (tertiary/aromatic N) is 2. The van der Waals surface area contributed by atoms with Gasteiger partial charge in [-0.3, -0.25) is 9.78 Å². The number of rotatable bonds is 9. The van der Waals surface area contributed by atoms with E-state index in [0.717, 1.165) is 40.9 Å². The van der Waals surface area contributed by atoms with E-state index in [9.17, 15) is 17.6 Å². The average molecular weight is 606 g/mol. The molecule has 1 N–H and O–H groups in total. The molecule has 0 saturated carbocycles. The first-order valence-electron chi connectivity index (χ1n) is 14.0. The van der Waals surface area contributed by atoms with E-state index in [0.29, 0.717) is 17.1 Å². The van der Waals surface area contributed by atoms with Crippen LogP contribution < -0.4 is 9.62 Å². The van der Waals surface area contributed by atoms with Crippen molar-refractivity contribution in [1.29, 1.82) is 0 Å². The van der Waals surface area contributed by atoms with Crippen LogP contribution in [0.1, 0.15) is 66.2 Å². The van der Waals surface area contributed by atoms with Crippen LogP contribution in [0.15, 0.2) is 89.8 Å². The summed E-state index contributed by atoms with van der Waals surface area (Å²) >= 11 is 6.07. The highest BCUT2D eigenvalue weighted by molar-refractivity contribution is 7.89. The molecule has 9 heteroatoms. The zero-order chi connectivity index (χ0) is 29.9. The van der Waals surface area contributed by atoms with Gasteiger partial charge in [0.15, 0.2) is 0 Å². The third-order valence-electron chi connectivity index (χ3n) is 7.65. The van der Waals surface area contributed by atoms with Gasteiger partial charge in [0.05, 0.1) is 17.1 Å². The molecule has 1 amide bonds. The Hall–Kier alpha value is -3.59. The SMILES string of the molecule is Cc1cccc(CN(C(=O)C[C@@H](C)c2ccc(F)cc2)c2ccc3c(c2)[C@@H](NS(=O)(=O)c2cccc(Cl)c2)CCC3)n1. The zero-order valence-corrected chi connectivity index (χ0v) is 25.1. The van der Waals surface area contributed by atoms with Gasteiger partial charge in [0.2, 0.25) is 15.9 Å². The molecule has 3 aromatic carbocycles. The highest BCUT2D eigenvalue weighted by Gasteiger charge is 2.28. The van der Waals surface area contributed by atoms with Gasteiger partial charge in [0, 0.05) is 28.9 Å². The Labute approximate surface area is 251 Å². The van der Waals surface area contributed by atoms with Crippen molar-refractivity contribution in [1.82, 2.24) is 9.71 Å². The van der Waals surface area contributed by atoms with E-state index >= 15 is 0 Å². The number of amides is 1. The van der Waals surface area contributed by atoms with Gasteiger partial charge in [-0.25, -0.2) is 17.5 Å². The van der Waals surface area contributed by atoms with Crippen LogP contribution in [0.25, 0.3) is 0 Å². The average Bonchev–Trinajstić information content (AvgIpc) is 2.96. The van der Waals surface area contributed by atoms with E-state index < -0.39 is 16.1 Å². The second-order valence-corrected chi connectivity index (χ2v) is 13.0. The summed E-state index contributed by atoms with van der Waals surface area (Å²) in [6.07, 6.45) is 2.49. The zero-order valence-electron chi connectivity index (χ0n) is 23.6. The lowest BCUT2D eigenvalue weighted by molar-refractivity contribution is -0.119. The van der Waals surface area contributed by atoms with E-state index in [2.05, 4.69) is 9.71 Å². The smallest absolute Gasteiger partial charge is 0.241 e. The van der Waals surface area contributed by atoms with Crippen molar-refractivity contribution in [2.45, 2.75) is 62.9 Å². The Bertz CT molecular complexity index is 1700. The van der Waals surface area contributed by atoms with Gasteiger partial charge in [0.1, 0.15) is 5.82 Å². The van der Waals surface area contributed by atoms with Crippen molar-refractivity contribution in [2.75, 3.05) is 4.90 Å². The predicted molar refractivity (Wildman–Crippen MR) is 163 cm³/mol. The topological polar surface area (TPSA) is 79.4 Å². The Balaban J connectivity index is 1.47. The number of pyridine rings is 1. The second kappa shape index (κ2) is 12.7. The number of carbonyl (C=O) groups excluding carboxylic acids is 1. The minimum Gasteiger partial charge on any atom is -0.306 e. The molecule has 2 atom stereocenters. The summed E-state index contributed by atoms with van der Waals surface area (Å²) in [5.41, 5.74) is 5.03. The molecule has 4 aromatic rings. The van der Waals surface area contributed by atoms with Crippen LogP contribution in [-0.4, -0.2) is 19.3 Å². The fraction of sp³-hybridized carbons (Fsp3) is 0.273. The molecule has 5 rings (SSSR count). The fourth-order valence-electron chi connectivity index (χ4n) is 5.42. The highest BCUT2D eigenvalue weighted by atomic mass is 35.5. The Morgan fingerprint density at radius 2 is 1.83 bits per heavy atom. The van der Waals surface area contributed by atoms with Crippen molar-refractivity contribution >= 4 is 33.2 Å². The molecule has 0 bridgehead atoms. The number of anilines is 1. The summed E-state index contributed by atoms with van der Waals surface area (Å²) in [7, 11) is -3.83. The van der Waals surface area contributed by atoms with Crippen LogP contribution in [0, 0.1) is 12.7 Å². The normalized spacial score (nSPS) is 15.6. The number of aryl methyl sites for hydroxylation is 2. The van der Waals surface area contributed by atoms with E-state index in [1.807, 2.05) is 50.2 Å². The minimum absolute atomic E-state index is 0.107. The lowest BCUT2D eigenvalue weighted by atomic mass is 9.87. The van der Waals surface area contributed by atoms with E-state index in [1.54, 1.807) is 29.2 Å². The first-order chi connectivity index (χ1) is 20.1. The first-order valence-corrected chi connectivity index (χ1v) is 15.8. The van der Waals surface area contributed by atoms with Gasteiger partial charge in [-0.1, -0.05) is 48.9 Å². The first kappa shape index (κ1) is 29.9. The number of halogens is 2. The number of carbonyl (C=O) groups is 1. The summed E-state index contributed by atoms with van der Waals surface area (Å²) < 4.78 is 42.9. The summed E-state index contributed by atoms with van der Waals surface area (Å²) in [5, 5.41) is 0.345. The summed E-state index contributed by atoms with van der Waals surface area (Å²) in [5.74, 6) is -0.568. The fourth-order valence-corrected chi connectivity index (χ4v) is 6.97. The standard InChI is InChI=1S/C33H33ClFN3O3S/c1-22(24-12-15-27(35)16-13-24)18-33(39)38(21-28-9-3-6-23(2)36-28)29-17-14-25-7-4-11-32(31(25)20-29)37-42(40,41)30-10-5-8-26(34)19-30/h3,5-6,8-10,12-17,19-20,22,32,37H,4,7,11,18,21H2,1-2H3/t22-,32+/m1/s1. The molecule has 1 aliphatic rings. The van der Waals surface area contributed by atoms with Crippen LogP contribution in [0.2, 0.25) is 5.02 Å². The van der Waals surface area contributed by atoms with Gasteiger partial charge >= 0.3 is 0 Å². The number of nitrogens with one attached hydrogen (secondary N) is 1. The second-order valence-electron chi connectivity index (χ2n) is 10.8. The molecule has 0 unspecified atom stereocenters. The van der Waals surface area contributed by atoms with Crippen LogP contribution >= 0.6 is 11.6 Å². The molecule has 0 aliphatic heterocycles. The van der Waals surface area contributed by atoms with Gasteiger partial charge in [0.25, 0.3) is 0 Å². The number of sulfonamides is 1. The van der Waals surface area contributed by atoms with Crippen LogP contribution in [0.5, 0.6) is 0 Å². The third-order valence-corrected chi connectivity index (χ3v) is 9.35. The van der Waals surface area contributed by atoms with Crippen molar-refractivity contribution in [3.8, 4) is 0 Å². The number of benzene rings is 3. The largest absolute Gasteiger partial charge is 0.306 e. The molecule has 1 aromatic heterocycles. The maximum absolute atomic E-state index is 13.9. The van der Waals surface area contributed by atoms with Gasteiger partial charge in [-0.2, -0.15) is 0 Å². The molecule has 0 spiro atoms. The molecule has 6 nitrogen and oxygen atoms in total. The third kappa shape index (κ3) is 7.06. The van der Waals surface area contributed by atoms with Crippen molar-refractivity contribution in [2.24, 2.45) is 0 Å². The molecule has 0 saturated heterocycles. The van der Waals surface area contributed by atoms with Gasteiger partial charge in [-0.05, 0) is 103 Å². The molecule has 218 valence electrons. The van der Waals surface area contributed by atoms with Gasteiger partial charge < -0.3 is 4.90 Å². The number of fused-ring (bicyclic) bond motifs is 1. The highest BCUT2D eigenvalue weighted by Crippen LogP contribution is 2.35. The summed E-state index contributed by atoms with van der Waals surface area (Å²) in [4.78, 5) is 20.3. The molecule has 1 heterocycles. The van der Waals surface area contributed by atoms with Crippen LogP contribution in [0.3, 0.4) is 0 Å². The lowest BCUT2D eigenvalue weighted by Gasteiger charge is -2.30. The Morgan fingerprint density at radius 3 is 2.57 bits per heavy atom. The van der Waals surface area contributed by atoms with Crippen molar-refractivity contribution in [3.63, 3.8) is 0 Å². The molecule has 42 heavy (non-hydrogen) atoms. The quantitative estimate of drug-likeness (QED) is 0.218. The lowest BCUT2D eigenvalue weighted by Crippen LogP contribution is -2.33. The monoisotopic (exact) mass is 605 g/mol. The number of hydrogen-bond donors (Lipinski definition) is 1. The Kier molecular flexibility index (Phi) is 9.06. The predicted octanol–water partition coefficient (Wildman–Crippen LogP) is 7.27. The molecular weight excluding hydrogens is 573 g/mol. The molecule has 1 aliphatic carbocycles. The van der Waals surface area contributed by atoms with Crippen LogP contribution in [0.4, 0.5) is 10.1 Å². The maximum Gasteiger partial charge on any atom is 0.241 e. The van der Waals surface area contributed by atoms with E-state index in [-0.39, 0.29) is 35.5 Å².